The van der Waals surface area contributed by atoms with Crippen molar-refractivity contribution in [3.05, 3.63) is 58.4 Å². The second-order valence-electron chi connectivity index (χ2n) is 7.88. The van der Waals surface area contributed by atoms with E-state index in [1.165, 1.54) is 24.1 Å². The maximum atomic E-state index is 4.35. The van der Waals surface area contributed by atoms with Crippen molar-refractivity contribution >= 4 is 5.69 Å². The Morgan fingerprint density at radius 1 is 1.24 bits per heavy atom. The summed E-state index contributed by atoms with van der Waals surface area (Å²) in [6.45, 7) is 9.95. The van der Waals surface area contributed by atoms with E-state index in [2.05, 4.69) is 60.2 Å². The summed E-state index contributed by atoms with van der Waals surface area (Å²) in [6.07, 6.45) is 5.62. The number of rotatable bonds is 3. The molecule has 2 aliphatic rings. The Hall–Kier alpha value is -1.87. The van der Waals surface area contributed by atoms with Gasteiger partial charge in [-0.05, 0) is 73.0 Å². The van der Waals surface area contributed by atoms with E-state index in [0.717, 1.165) is 31.7 Å². The van der Waals surface area contributed by atoms with Gasteiger partial charge in [-0.3, -0.25) is 4.98 Å². The zero-order valence-electron chi connectivity index (χ0n) is 15.7. The van der Waals surface area contributed by atoms with Crippen molar-refractivity contribution in [2.45, 2.75) is 58.5 Å². The summed E-state index contributed by atoms with van der Waals surface area (Å²) in [5.41, 5.74) is 8.57. The highest BCUT2D eigenvalue weighted by Crippen LogP contribution is 2.35. The summed E-state index contributed by atoms with van der Waals surface area (Å²) in [7, 11) is 0. The summed E-state index contributed by atoms with van der Waals surface area (Å²) in [5, 5.41) is 3.72. The Bertz CT molecular complexity index is 760. The molecule has 1 fully saturated rings. The van der Waals surface area contributed by atoms with Gasteiger partial charge in [-0.1, -0.05) is 26.0 Å². The third kappa shape index (κ3) is 3.30. The molecule has 132 valence electrons. The van der Waals surface area contributed by atoms with Crippen molar-refractivity contribution in [1.29, 1.82) is 0 Å². The fourth-order valence-corrected chi connectivity index (χ4v) is 4.27. The molecule has 1 atom stereocenters. The van der Waals surface area contributed by atoms with Crippen LogP contribution in [0.15, 0.2) is 30.5 Å². The first-order valence-electron chi connectivity index (χ1n) is 9.68. The van der Waals surface area contributed by atoms with Crippen LogP contribution in [0.2, 0.25) is 0 Å². The molecule has 0 amide bonds. The highest BCUT2D eigenvalue weighted by atomic mass is 15.1. The van der Waals surface area contributed by atoms with E-state index in [1.807, 2.05) is 6.20 Å². The van der Waals surface area contributed by atoms with E-state index in [9.17, 15) is 0 Å². The van der Waals surface area contributed by atoms with Gasteiger partial charge >= 0.3 is 0 Å². The minimum atomic E-state index is 0.534. The molecule has 0 unspecified atom stereocenters. The summed E-state index contributed by atoms with van der Waals surface area (Å²) < 4.78 is 0. The van der Waals surface area contributed by atoms with Crippen molar-refractivity contribution in [3.63, 3.8) is 0 Å². The van der Waals surface area contributed by atoms with Crippen molar-refractivity contribution < 1.29 is 0 Å². The molecule has 3 heteroatoms. The summed E-state index contributed by atoms with van der Waals surface area (Å²) >= 11 is 0. The van der Waals surface area contributed by atoms with Gasteiger partial charge in [0.05, 0.1) is 0 Å². The molecule has 0 spiro atoms. The lowest BCUT2D eigenvalue weighted by Gasteiger charge is -2.34. The van der Waals surface area contributed by atoms with E-state index in [-0.39, 0.29) is 0 Å². The molecule has 25 heavy (non-hydrogen) atoms. The fourth-order valence-electron chi connectivity index (χ4n) is 4.27. The topological polar surface area (TPSA) is 28.2 Å². The van der Waals surface area contributed by atoms with Crippen molar-refractivity contribution in [3.8, 4) is 0 Å². The Morgan fingerprint density at radius 2 is 2.12 bits per heavy atom. The van der Waals surface area contributed by atoms with Crippen LogP contribution >= 0.6 is 0 Å². The maximum absolute atomic E-state index is 4.35. The maximum Gasteiger partial charge on any atom is 0.0435 e. The number of anilines is 1. The zero-order chi connectivity index (χ0) is 17.4. The minimum absolute atomic E-state index is 0.534. The second-order valence-corrected chi connectivity index (χ2v) is 7.88. The number of nitrogens with zero attached hydrogens (tertiary/aromatic N) is 2. The van der Waals surface area contributed by atoms with Crippen LogP contribution in [0, 0.1) is 6.92 Å². The smallest absolute Gasteiger partial charge is 0.0435 e. The molecule has 0 bridgehead atoms. The Balaban J connectivity index is 1.72. The Morgan fingerprint density at radius 3 is 2.84 bits per heavy atom. The van der Waals surface area contributed by atoms with Gasteiger partial charge in [-0.15, -0.1) is 0 Å². The number of aromatic nitrogens is 1. The Kier molecular flexibility index (Phi) is 4.51. The summed E-state index contributed by atoms with van der Waals surface area (Å²) in [4.78, 5) is 6.87. The average Bonchev–Trinajstić information content (AvgIpc) is 3.14. The third-order valence-electron chi connectivity index (χ3n) is 5.75. The molecule has 0 aliphatic carbocycles. The van der Waals surface area contributed by atoms with Gasteiger partial charge in [0.25, 0.3) is 0 Å². The molecule has 1 aromatic carbocycles. The average molecular weight is 335 g/mol. The number of nitrogens with one attached hydrogen (secondary N) is 1. The van der Waals surface area contributed by atoms with Gasteiger partial charge < -0.3 is 10.2 Å². The van der Waals surface area contributed by atoms with Gasteiger partial charge in [0.1, 0.15) is 0 Å². The highest BCUT2D eigenvalue weighted by Gasteiger charge is 2.26. The first-order valence-corrected chi connectivity index (χ1v) is 9.68. The van der Waals surface area contributed by atoms with Gasteiger partial charge in [0.15, 0.2) is 0 Å². The second kappa shape index (κ2) is 6.80. The molecular weight excluding hydrogens is 306 g/mol. The molecule has 1 saturated heterocycles. The van der Waals surface area contributed by atoms with Gasteiger partial charge in [-0.2, -0.15) is 0 Å². The number of hydrogen-bond donors (Lipinski definition) is 1. The number of aryl methyl sites for hydroxylation is 1. The third-order valence-corrected chi connectivity index (χ3v) is 5.75. The quantitative estimate of drug-likeness (QED) is 0.895. The molecular formula is C22H29N3. The normalized spacial score (nSPS) is 20.2. The van der Waals surface area contributed by atoms with Gasteiger partial charge in [-0.25, -0.2) is 0 Å². The SMILES string of the molecule is Cc1cc(N2CCc3cc(C(C)C)cc([C@@H]4CCCN4)c3C2)ccn1. The fraction of sp³-hybridized carbons (Fsp3) is 0.500. The highest BCUT2D eigenvalue weighted by molar-refractivity contribution is 5.52. The van der Waals surface area contributed by atoms with E-state index >= 15 is 0 Å². The van der Waals surface area contributed by atoms with Crippen LogP contribution in [0.4, 0.5) is 5.69 Å². The van der Waals surface area contributed by atoms with Crippen molar-refractivity contribution in [2.75, 3.05) is 18.0 Å². The van der Waals surface area contributed by atoms with Crippen LogP contribution < -0.4 is 10.2 Å². The molecule has 0 saturated carbocycles. The van der Waals surface area contributed by atoms with E-state index < -0.39 is 0 Å². The Labute approximate surface area is 151 Å². The summed E-state index contributed by atoms with van der Waals surface area (Å²) in [6, 6.07) is 9.84. The molecule has 3 nitrogen and oxygen atoms in total. The lowest BCUT2D eigenvalue weighted by atomic mass is 9.86. The minimum Gasteiger partial charge on any atom is -0.367 e. The van der Waals surface area contributed by atoms with Crippen LogP contribution in [0.3, 0.4) is 0 Å². The largest absolute Gasteiger partial charge is 0.367 e. The molecule has 2 aromatic rings. The number of pyridine rings is 1. The van der Waals surface area contributed by atoms with Gasteiger partial charge in [0.2, 0.25) is 0 Å². The number of hydrogen-bond acceptors (Lipinski definition) is 3. The van der Waals surface area contributed by atoms with Crippen LogP contribution in [-0.2, 0) is 13.0 Å². The van der Waals surface area contributed by atoms with Crippen LogP contribution in [0.25, 0.3) is 0 Å². The molecule has 1 N–H and O–H groups in total. The predicted octanol–water partition coefficient (Wildman–Crippen LogP) is 4.50. The number of benzene rings is 1. The van der Waals surface area contributed by atoms with Gasteiger partial charge in [0, 0.05) is 36.7 Å². The molecule has 1 aromatic heterocycles. The lowest BCUT2D eigenvalue weighted by molar-refractivity contribution is 0.622. The van der Waals surface area contributed by atoms with E-state index in [0.29, 0.717) is 12.0 Å². The molecule has 3 heterocycles. The van der Waals surface area contributed by atoms with Crippen LogP contribution in [0.1, 0.15) is 66.6 Å². The first-order chi connectivity index (χ1) is 12.1. The molecule has 4 rings (SSSR count). The lowest BCUT2D eigenvalue weighted by Crippen LogP contribution is -2.32. The van der Waals surface area contributed by atoms with E-state index in [4.69, 9.17) is 0 Å². The molecule has 0 radical (unpaired) electrons. The first kappa shape index (κ1) is 16.6. The standard InChI is InChI=1S/C22H29N3/c1-15(2)18-12-17-7-10-25(19-6-9-23-16(3)11-19)14-21(17)20(13-18)22-5-4-8-24-22/h6,9,11-13,15,22,24H,4-5,7-8,10,14H2,1-3H3/t22-/m0/s1. The number of fused-ring (bicyclic) bond motifs is 1. The molecule has 2 aliphatic heterocycles. The predicted molar refractivity (Wildman–Crippen MR) is 104 cm³/mol. The van der Waals surface area contributed by atoms with Crippen molar-refractivity contribution in [2.24, 2.45) is 0 Å². The van der Waals surface area contributed by atoms with Crippen LogP contribution in [0.5, 0.6) is 0 Å². The van der Waals surface area contributed by atoms with Crippen molar-refractivity contribution in [1.82, 2.24) is 10.3 Å². The summed E-state index contributed by atoms with van der Waals surface area (Å²) in [5.74, 6) is 0.589. The van der Waals surface area contributed by atoms with Crippen LogP contribution in [-0.4, -0.2) is 18.1 Å². The van der Waals surface area contributed by atoms with E-state index in [1.54, 1.807) is 16.7 Å². The zero-order valence-corrected chi connectivity index (χ0v) is 15.7. The monoisotopic (exact) mass is 335 g/mol.